The van der Waals surface area contributed by atoms with Gasteiger partial charge < -0.3 is 4.90 Å². The highest BCUT2D eigenvalue weighted by Crippen LogP contribution is 2.70. The summed E-state index contributed by atoms with van der Waals surface area (Å²) in [6.45, 7) is 6.71. The Morgan fingerprint density at radius 2 is 1.46 bits per heavy atom. The Morgan fingerprint density at radius 1 is 0.846 bits per heavy atom. The van der Waals surface area contributed by atoms with Gasteiger partial charge in [0.1, 0.15) is 5.82 Å². The van der Waals surface area contributed by atoms with Crippen molar-refractivity contribution < 1.29 is 4.39 Å². The van der Waals surface area contributed by atoms with E-state index in [9.17, 15) is 4.39 Å². The largest absolute Gasteiger partial charge is 0.369 e. The highest BCUT2D eigenvalue weighted by Gasteiger charge is 2.70. The van der Waals surface area contributed by atoms with Crippen LogP contribution in [0.25, 0.3) is 0 Å². The number of benzene rings is 2. The predicted molar refractivity (Wildman–Crippen MR) is 104 cm³/mol. The van der Waals surface area contributed by atoms with E-state index in [1.165, 1.54) is 24.1 Å². The van der Waals surface area contributed by atoms with Crippen molar-refractivity contribution in [2.75, 3.05) is 31.1 Å². The Bertz CT molecular complexity index is 753. The summed E-state index contributed by atoms with van der Waals surface area (Å²) in [5, 5.41) is 0. The fourth-order valence-corrected chi connectivity index (χ4v) is 5.94. The minimum atomic E-state index is -0.128. The van der Waals surface area contributed by atoms with Crippen molar-refractivity contribution in [1.82, 2.24) is 4.90 Å². The number of piperazine rings is 1. The van der Waals surface area contributed by atoms with E-state index in [0.717, 1.165) is 43.9 Å². The summed E-state index contributed by atoms with van der Waals surface area (Å²) in [4.78, 5) is 5.22. The molecule has 0 amide bonds. The second-order valence-corrected chi connectivity index (χ2v) is 8.43. The zero-order valence-electron chi connectivity index (χ0n) is 15.4. The molecule has 4 atom stereocenters. The number of halogens is 1. The van der Waals surface area contributed by atoms with Gasteiger partial charge in [-0.1, -0.05) is 37.3 Å². The van der Waals surface area contributed by atoms with Crippen molar-refractivity contribution in [3.8, 4) is 0 Å². The van der Waals surface area contributed by atoms with Crippen molar-refractivity contribution in [3.63, 3.8) is 0 Å². The van der Waals surface area contributed by atoms with E-state index in [1.807, 2.05) is 12.1 Å². The highest BCUT2D eigenvalue weighted by atomic mass is 19.1. The van der Waals surface area contributed by atoms with Gasteiger partial charge in [0, 0.05) is 31.9 Å². The lowest BCUT2D eigenvalue weighted by atomic mass is 9.89. The summed E-state index contributed by atoms with van der Waals surface area (Å²) in [5.74, 6) is 2.22. The van der Waals surface area contributed by atoms with Crippen LogP contribution >= 0.6 is 0 Å². The maximum Gasteiger partial charge on any atom is 0.123 e. The second kappa shape index (κ2) is 6.09. The summed E-state index contributed by atoms with van der Waals surface area (Å²) in [5.41, 5.74) is 2.84. The first-order valence-corrected chi connectivity index (χ1v) is 10.0. The van der Waals surface area contributed by atoms with Gasteiger partial charge in [0.2, 0.25) is 0 Å². The molecule has 2 aromatic rings. The maximum atomic E-state index is 13.5. The number of rotatable bonds is 3. The molecular formula is C23H27FN2. The monoisotopic (exact) mass is 350 g/mol. The Hall–Kier alpha value is -1.87. The zero-order valence-corrected chi connectivity index (χ0v) is 15.4. The molecule has 1 aliphatic heterocycles. The molecule has 0 N–H and O–H groups in total. The van der Waals surface area contributed by atoms with Gasteiger partial charge in [-0.2, -0.15) is 0 Å². The molecule has 136 valence electrons. The van der Waals surface area contributed by atoms with E-state index < -0.39 is 0 Å². The average Bonchev–Trinajstić information content (AvgIpc) is 3.10. The topological polar surface area (TPSA) is 6.48 Å². The van der Waals surface area contributed by atoms with E-state index in [2.05, 4.69) is 47.1 Å². The highest BCUT2D eigenvalue weighted by molar-refractivity contribution is 5.47. The molecule has 2 nitrogen and oxygen atoms in total. The quantitative estimate of drug-likeness (QED) is 0.803. The van der Waals surface area contributed by atoms with Crippen LogP contribution in [0, 0.1) is 23.6 Å². The SMILES string of the molecule is CC1C[C@@H]2[C@H](C1)C2(c1ccc(F)cc1)N1CCN(c2ccccc2)CC1. The van der Waals surface area contributed by atoms with Crippen LogP contribution < -0.4 is 4.90 Å². The number of para-hydroxylation sites is 1. The Morgan fingerprint density at radius 3 is 2.08 bits per heavy atom. The molecular weight excluding hydrogens is 323 g/mol. The van der Waals surface area contributed by atoms with Gasteiger partial charge >= 0.3 is 0 Å². The molecule has 2 saturated carbocycles. The normalized spacial score (nSPS) is 33.9. The van der Waals surface area contributed by atoms with Gasteiger partial charge in [-0.3, -0.25) is 4.90 Å². The summed E-state index contributed by atoms with van der Waals surface area (Å²) >= 11 is 0. The van der Waals surface area contributed by atoms with Crippen LogP contribution in [0.2, 0.25) is 0 Å². The first-order chi connectivity index (χ1) is 12.7. The van der Waals surface area contributed by atoms with Crippen LogP contribution in [0.3, 0.4) is 0 Å². The lowest BCUT2D eigenvalue weighted by molar-refractivity contribution is 0.124. The van der Waals surface area contributed by atoms with Crippen LogP contribution in [0.5, 0.6) is 0 Å². The molecule has 5 rings (SSSR count). The van der Waals surface area contributed by atoms with Crippen molar-refractivity contribution in [1.29, 1.82) is 0 Å². The van der Waals surface area contributed by atoms with Gasteiger partial charge in [-0.25, -0.2) is 4.39 Å². The minimum Gasteiger partial charge on any atom is -0.369 e. The van der Waals surface area contributed by atoms with Crippen LogP contribution in [0.1, 0.15) is 25.3 Å². The summed E-state index contributed by atoms with van der Waals surface area (Å²) in [6.07, 6.45) is 2.64. The third kappa shape index (κ3) is 2.40. The molecule has 0 aromatic heterocycles. The molecule has 26 heavy (non-hydrogen) atoms. The summed E-state index contributed by atoms with van der Waals surface area (Å²) in [6, 6.07) is 18.1. The third-order valence-electron chi connectivity index (χ3n) is 7.05. The maximum absolute atomic E-state index is 13.5. The number of anilines is 1. The zero-order chi connectivity index (χ0) is 17.7. The van der Waals surface area contributed by atoms with Crippen LogP contribution in [0.15, 0.2) is 54.6 Å². The average molecular weight is 350 g/mol. The molecule has 3 aliphatic rings. The Balaban J connectivity index is 1.39. The van der Waals surface area contributed by atoms with E-state index in [1.54, 1.807) is 12.1 Å². The summed E-state index contributed by atoms with van der Waals surface area (Å²) < 4.78 is 13.5. The first kappa shape index (κ1) is 16.3. The molecule has 0 spiro atoms. The third-order valence-corrected chi connectivity index (χ3v) is 7.05. The predicted octanol–water partition coefficient (Wildman–Crippen LogP) is 4.52. The molecule has 1 heterocycles. The summed E-state index contributed by atoms with van der Waals surface area (Å²) in [7, 11) is 0. The van der Waals surface area contributed by atoms with E-state index in [-0.39, 0.29) is 11.4 Å². The standard InChI is InChI=1S/C23H27FN2/c1-17-15-21-22(16-17)23(21,18-7-9-19(24)10-8-18)26-13-11-25(12-14-26)20-5-3-2-4-6-20/h2-10,17,21-22H,11-16H2,1H3/t17?,21-,22+,23?. The minimum absolute atomic E-state index is 0.128. The second-order valence-electron chi connectivity index (χ2n) is 8.43. The van der Waals surface area contributed by atoms with Gasteiger partial charge in [0.15, 0.2) is 0 Å². The number of hydrogen-bond donors (Lipinski definition) is 0. The number of nitrogens with zero attached hydrogens (tertiary/aromatic N) is 2. The smallest absolute Gasteiger partial charge is 0.123 e. The van der Waals surface area contributed by atoms with Crippen molar-refractivity contribution in [2.45, 2.75) is 25.3 Å². The molecule has 3 heteroatoms. The lowest BCUT2D eigenvalue weighted by Crippen LogP contribution is -2.52. The van der Waals surface area contributed by atoms with Gasteiger partial charge in [-0.05, 0) is 60.4 Å². The van der Waals surface area contributed by atoms with Crippen molar-refractivity contribution in [2.24, 2.45) is 17.8 Å². The molecule has 3 fully saturated rings. The van der Waals surface area contributed by atoms with Crippen LogP contribution in [0.4, 0.5) is 10.1 Å². The Kier molecular flexibility index (Phi) is 3.82. The molecule has 2 aliphatic carbocycles. The number of fused-ring (bicyclic) bond motifs is 1. The van der Waals surface area contributed by atoms with Crippen LogP contribution in [-0.2, 0) is 5.54 Å². The fourth-order valence-electron chi connectivity index (χ4n) is 5.94. The van der Waals surface area contributed by atoms with Gasteiger partial charge in [0.25, 0.3) is 0 Å². The van der Waals surface area contributed by atoms with E-state index in [4.69, 9.17) is 0 Å². The van der Waals surface area contributed by atoms with Crippen molar-refractivity contribution in [3.05, 3.63) is 66.0 Å². The van der Waals surface area contributed by atoms with Crippen LogP contribution in [-0.4, -0.2) is 31.1 Å². The number of hydrogen-bond acceptors (Lipinski definition) is 2. The first-order valence-electron chi connectivity index (χ1n) is 10.0. The van der Waals surface area contributed by atoms with E-state index in [0.29, 0.717) is 0 Å². The van der Waals surface area contributed by atoms with Gasteiger partial charge in [0.05, 0.1) is 5.54 Å². The van der Waals surface area contributed by atoms with E-state index >= 15 is 0 Å². The lowest BCUT2D eigenvalue weighted by Gasteiger charge is -2.43. The molecule has 2 unspecified atom stereocenters. The van der Waals surface area contributed by atoms with Gasteiger partial charge in [-0.15, -0.1) is 0 Å². The molecule has 0 bridgehead atoms. The Labute approximate surface area is 155 Å². The molecule has 1 saturated heterocycles. The molecule has 0 radical (unpaired) electrons. The molecule has 2 aromatic carbocycles. The van der Waals surface area contributed by atoms with Crippen molar-refractivity contribution >= 4 is 5.69 Å². The fraction of sp³-hybridized carbons (Fsp3) is 0.478.